The molecule has 0 radical (unpaired) electrons. The van der Waals surface area contributed by atoms with Gasteiger partial charge in [-0.1, -0.05) is 13.8 Å². The van der Waals surface area contributed by atoms with Crippen molar-refractivity contribution in [3.8, 4) is 11.5 Å². The van der Waals surface area contributed by atoms with Crippen LogP contribution in [-0.4, -0.2) is 45.0 Å². The van der Waals surface area contributed by atoms with Crippen LogP contribution in [0.1, 0.15) is 46.8 Å². The maximum Gasteiger partial charge on any atom is 0.255 e. The lowest BCUT2D eigenvalue weighted by molar-refractivity contribution is -0.115. The molecule has 0 aliphatic heterocycles. The van der Waals surface area contributed by atoms with Crippen LogP contribution in [0.3, 0.4) is 0 Å². The molecule has 0 saturated carbocycles. The zero-order valence-corrected chi connectivity index (χ0v) is 19.7. The predicted molar refractivity (Wildman–Crippen MR) is 125 cm³/mol. The van der Waals surface area contributed by atoms with E-state index in [2.05, 4.69) is 32.2 Å². The van der Waals surface area contributed by atoms with Crippen molar-refractivity contribution in [2.75, 3.05) is 33.6 Å². The molecule has 0 aliphatic carbocycles. The second-order valence-electron chi connectivity index (χ2n) is 8.30. The highest BCUT2D eigenvalue weighted by Gasteiger charge is 2.21. The molecule has 170 valence electrons. The second-order valence-corrected chi connectivity index (χ2v) is 8.30. The number of fused-ring (bicyclic) bond motifs is 1. The molecule has 0 spiro atoms. The van der Waals surface area contributed by atoms with Gasteiger partial charge in [0.25, 0.3) is 5.91 Å². The summed E-state index contributed by atoms with van der Waals surface area (Å²) >= 11 is 0. The van der Waals surface area contributed by atoms with Gasteiger partial charge in [-0.05, 0) is 42.2 Å². The zero-order valence-electron chi connectivity index (χ0n) is 19.7. The Bertz CT molecular complexity index is 1160. The van der Waals surface area contributed by atoms with Crippen LogP contribution in [0.2, 0.25) is 0 Å². The standard InChI is InChI=1S/C25H30N2O5/c1-14(2)17-10-18-16(13-32-21(18)8-15(17)3)9-24(28)26-20-12-23(31-7)22(30-6)11-19(20)25(29)27(4)5/h8,10-14H,9H2,1-7H3,(H,26,28). The molecule has 2 amide bonds. The van der Waals surface area contributed by atoms with E-state index >= 15 is 0 Å². The Labute approximate surface area is 188 Å². The largest absolute Gasteiger partial charge is 0.493 e. The Kier molecular flexibility index (Phi) is 6.77. The van der Waals surface area contributed by atoms with Crippen LogP contribution in [0.4, 0.5) is 5.69 Å². The third kappa shape index (κ3) is 4.56. The van der Waals surface area contributed by atoms with E-state index in [4.69, 9.17) is 13.9 Å². The number of nitrogens with zero attached hydrogens (tertiary/aromatic N) is 1. The summed E-state index contributed by atoms with van der Waals surface area (Å²) < 4.78 is 16.4. The minimum atomic E-state index is -0.264. The van der Waals surface area contributed by atoms with E-state index in [9.17, 15) is 9.59 Å². The molecule has 2 aromatic carbocycles. The van der Waals surface area contributed by atoms with Crippen molar-refractivity contribution < 1.29 is 23.5 Å². The van der Waals surface area contributed by atoms with Gasteiger partial charge < -0.3 is 24.1 Å². The summed E-state index contributed by atoms with van der Waals surface area (Å²) in [5.41, 5.74) is 4.60. The first-order chi connectivity index (χ1) is 15.2. The summed E-state index contributed by atoms with van der Waals surface area (Å²) in [6.07, 6.45) is 1.73. The lowest BCUT2D eigenvalue weighted by atomic mass is 9.95. The fourth-order valence-electron chi connectivity index (χ4n) is 3.77. The van der Waals surface area contributed by atoms with Gasteiger partial charge in [-0.25, -0.2) is 0 Å². The minimum absolute atomic E-state index is 0.109. The number of nitrogens with one attached hydrogen (secondary N) is 1. The fraction of sp³-hybridized carbons (Fsp3) is 0.360. The molecule has 32 heavy (non-hydrogen) atoms. The average Bonchev–Trinajstić information content (AvgIpc) is 3.13. The van der Waals surface area contributed by atoms with E-state index in [-0.39, 0.29) is 18.2 Å². The molecular weight excluding hydrogens is 408 g/mol. The molecule has 3 aromatic rings. The topological polar surface area (TPSA) is 81.0 Å². The third-order valence-corrected chi connectivity index (χ3v) is 5.45. The molecule has 0 saturated heterocycles. The van der Waals surface area contributed by atoms with Gasteiger partial charge in [0.15, 0.2) is 11.5 Å². The van der Waals surface area contributed by atoms with Crippen LogP contribution < -0.4 is 14.8 Å². The van der Waals surface area contributed by atoms with E-state index in [1.54, 1.807) is 32.5 Å². The van der Waals surface area contributed by atoms with E-state index in [1.165, 1.54) is 24.7 Å². The Hall–Kier alpha value is -3.48. The van der Waals surface area contributed by atoms with Crippen molar-refractivity contribution in [2.45, 2.75) is 33.1 Å². The molecule has 0 atom stereocenters. The molecule has 0 fully saturated rings. The number of hydrogen-bond acceptors (Lipinski definition) is 5. The highest BCUT2D eigenvalue weighted by Crippen LogP contribution is 2.34. The SMILES string of the molecule is COc1cc(NC(=O)Cc2coc3cc(C)c(C(C)C)cc23)c(C(=O)N(C)C)cc1OC. The van der Waals surface area contributed by atoms with Gasteiger partial charge in [-0.2, -0.15) is 0 Å². The van der Waals surface area contributed by atoms with Crippen molar-refractivity contribution in [1.29, 1.82) is 0 Å². The maximum absolute atomic E-state index is 13.0. The van der Waals surface area contributed by atoms with Gasteiger partial charge in [0.05, 0.1) is 38.2 Å². The number of aryl methyl sites for hydroxylation is 1. The molecule has 0 aliphatic rings. The Morgan fingerprint density at radius 2 is 1.72 bits per heavy atom. The first-order valence-corrected chi connectivity index (χ1v) is 10.4. The van der Waals surface area contributed by atoms with E-state index in [0.29, 0.717) is 28.7 Å². The summed E-state index contributed by atoms with van der Waals surface area (Å²) in [6, 6.07) is 7.27. The molecule has 0 unspecified atom stereocenters. The van der Waals surface area contributed by atoms with Crippen molar-refractivity contribution in [1.82, 2.24) is 4.90 Å². The predicted octanol–water partition coefficient (Wildman–Crippen LogP) is 4.76. The maximum atomic E-state index is 13.0. The molecule has 1 N–H and O–H groups in total. The first kappa shape index (κ1) is 23.2. The second kappa shape index (κ2) is 9.34. The van der Waals surface area contributed by atoms with Crippen LogP contribution in [0.25, 0.3) is 11.0 Å². The molecule has 7 heteroatoms. The average molecular weight is 439 g/mol. The van der Waals surface area contributed by atoms with Crippen LogP contribution in [0.15, 0.2) is 34.9 Å². The minimum Gasteiger partial charge on any atom is -0.493 e. The van der Waals surface area contributed by atoms with Crippen LogP contribution >= 0.6 is 0 Å². The quantitative estimate of drug-likeness (QED) is 0.575. The van der Waals surface area contributed by atoms with Crippen LogP contribution in [0, 0.1) is 6.92 Å². The van der Waals surface area contributed by atoms with E-state index in [1.807, 2.05) is 6.07 Å². The summed E-state index contributed by atoms with van der Waals surface area (Å²) in [4.78, 5) is 27.1. The number of rotatable bonds is 7. The zero-order chi connectivity index (χ0) is 23.6. The Morgan fingerprint density at radius 3 is 2.31 bits per heavy atom. The first-order valence-electron chi connectivity index (χ1n) is 10.4. The summed E-state index contributed by atoms with van der Waals surface area (Å²) in [5, 5.41) is 3.78. The Balaban J connectivity index is 1.94. The van der Waals surface area contributed by atoms with Gasteiger partial charge in [0.1, 0.15) is 5.58 Å². The third-order valence-electron chi connectivity index (χ3n) is 5.45. The van der Waals surface area contributed by atoms with Crippen molar-refractivity contribution in [3.05, 3.63) is 52.8 Å². The number of hydrogen-bond donors (Lipinski definition) is 1. The molecule has 1 heterocycles. The van der Waals surface area contributed by atoms with E-state index in [0.717, 1.165) is 22.1 Å². The summed E-state index contributed by atoms with van der Waals surface area (Å²) in [7, 11) is 6.30. The number of carbonyl (C=O) groups is 2. The van der Waals surface area contributed by atoms with Crippen molar-refractivity contribution in [3.63, 3.8) is 0 Å². The van der Waals surface area contributed by atoms with Crippen LogP contribution in [-0.2, 0) is 11.2 Å². The van der Waals surface area contributed by atoms with Gasteiger partial charge in [-0.3, -0.25) is 9.59 Å². The summed E-state index contributed by atoms with van der Waals surface area (Å²) in [6.45, 7) is 6.34. The van der Waals surface area contributed by atoms with Crippen molar-refractivity contribution >= 4 is 28.5 Å². The normalized spacial score (nSPS) is 11.0. The lowest BCUT2D eigenvalue weighted by Gasteiger charge is -2.18. The molecule has 3 rings (SSSR count). The smallest absolute Gasteiger partial charge is 0.255 e. The number of amides is 2. The number of anilines is 1. The van der Waals surface area contributed by atoms with E-state index < -0.39 is 0 Å². The number of carbonyl (C=O) groups excluding carboxylic acids is 2. The molecular formula is C25H30N2O5. The number of methoxy groups -OCH3 is 2. The highest BCUT2D eigenvalue weighted by atomic mass is 16.5. The monoisotopic (exact) mass is 438 g/mol. The van der Waals surface area contributed by atoms with Gasteiger partial charge >= 0.3 is 0 Å². The highest BCUT2D eigenvalue weighted by molar-refractivity contribution is 6.05. The van der Waals surface area contributed by atoms with Gasteiger partial charge in [0, 0.05) is 31.1 Å². The fourth-order valence-corrected chi connectivity index (χ4v) is 3.77. The van der Waals surface area contributed by atoms with Gasteiger partial charge in [0.2, 0.25) is 5.91 Å². The molecule has 7 nitrogen and oxygen atoms in total. The van der Waals surface area contributed by atoms with Gasteiger partial charge in [-0.15, -0.1) is 0 Å². The number of ether oxygens (including phenoxy) is 2. The van der Waals surface area contributed by atoms with Crippen molar-refractivity contribution in [2.24, 2.45) is 0 Å². The summed E-state index contributed by atoms with van der Waals surface area (Å²) in [5.74, 6) is 0.672. The lowest BCUT2D eigenvalue weighted by Crippen LogP contribution is -2.24. The number of furan rings is 1. The number of benzene rings is 2. The molecule has 1 aromatic heterocycles. The Morgan fingerprint density at radius 1 is 1.06 bits per heavy atom. The van der Waals surface area contributed by atoms with Crippen LogP contribution in [0.5, 0.6) is 11.5 Å². The molecule has 0 bridgehead atoms.